The summed E-state index contributed by atoms with van der Waals surface area (Å²) in [5, 5.41) is 19.0. The summed E-state index contributed by atoms with van der Waals surface area (Å²) < 4.78 is 0. The summed E-state index contributed by atoms with van der Waals surface area (Å²) in [5.74, 6) is -0.671. The minimum atomic E-state index is -1.08. The fraction of sp³-hybridized carbons (Fsp3) is 0.462. The van der Waals surface area contributed by atoms with Gasteiger partial charge in [0, 0.05) is 0 Å². The Labute approximate surface area is 95.7 Å². The quantitative estimate of drug-likeness (QED) is 0.825. The van der Waals surface area contributed by atoms with Gasteiger partial charge in [-0.15, -0.1) is 0 Å². The van der Waals surface area contributed by atoms with Crippen molar-refractivity contribution in [2.45, 2.75) is 33.6 Å². The van der Waals surface area contributed by atoms with Crippen molar-refractivity contribution in [3.8, 4) is 5.75 Å². The van der Waals surface area contributed by atoms with Crippen molar-refractivity contribution in [1.29, 1.82) is 0 Å². The summed E-state index contributed by atoms with van der Waals surface area (Å²) in [5.41, 5.74) is 1.31. The molecule has 0 radical (unpaired) electrons. The third kappa shape index (κ3) is 2.18. The molecule has 1 rings (SSSR count). The fourth-order valence-corrected chi connectivity index (χ4v) is 1.70. The smallest absolute Gasteiger partial charge is 0.339 e. The molecule has 0 amide bonds. The molecule has 0 aromatic heterocycles. The molecule has 0 fully saturated rings. The number of hydrogen-bond donors (Lipinski definition) is 2. The lowest BCUT2D eigenvalue weighted by Gasteiger charge is -2.19. The normalized spacial score (nSPS) is 12.8. The monoisotopic (exact) mass is 222 g/mol. The molecule has 1 aromatic rings. The van der Waals surface area contributed by atoms with Crippen LogP contribution in [0, 0.1) is 12.8 Å². The predicted molar refractivity (Wildman–Crippen MR) is 63.1 cm³/mol. The molecule has 88 valence electrons. The Hall–Kier alpha value is -1.51. The van der Waals surface area contributed by atoms with Crippen LogP contribution in [0.15, 0.2) is 12.1 Å². The summed E-state index contributed by atoms with van der Waals surface area (Å²) in [7, 11) is 0. The van der Waals surface area contributed by atoms with Gasteiger partial charge in [-0.05, 0) is 29.9 Å². The molecule has 1 aromatic carbocycles. The summed E-state index contributed by atoms with van der Waals surface area (Å²) in [6.07, 6.45) is 0. The lowest BCUT2D eigenvalue weighted by Crippen LogP contribution is -2.07. The van der Waals surface area contributed by atoms with Gasteiger partial charge in [0.2, 0.25) is 0 Å². The first kappa shape index (κ1) is 12.6. The van der Waals surface area contributed by atoms with E-state index in [0.29, 0.717) is 17.0 Å². The lowest BCUT2D eigenvalue weighted by atomic mass is 9.87. The number of aryl methyl sites for hydroxylation is 1. The topological polar surface area (TPSA) is 57.5 Å². The molecule has 3 heteroatoms. The Bertz CT molecular complexity index is 408. The molecule has 0 saturated carbocycles. The van der Waals surface area contributed by atoms with Gasteiger partial charge in [0.25, 0.3) is 0 Å². The number of carbonyl (C=O) groups is 1. The molecule has 1 unspecified atom stereocenters. The minimum Gasteiger partial charge on any atom is -0.507 e. The van der Waals surface area contributed by atoms with Gasteiger partial charge in [0.1, 0.15) is 11.3 Å². The van der Waals surface area contributed by atoms with Gasteiger partial charge < -0.3 is 10.2 Å². The van der Waals surface area contributed by atoms with Crippen LogP contribution >= 0.6 is 0 Å². The van der Waals surface area contributed by atoms with Crippen molar-refractivity contribution in [1.82, 2.24) is 0 Å². The second kappa shape index (κ2) is 4.56. The molecule has 0 aliphatic carbocycles. The van der Waals surface area contributed by atoms with E-state index in [0.717, 1.165) is 0 Å². The Morgan fingerprint density at radius 1 is 1.25 bits per heavy atom. The average Bonchev–Trinajstić information content (AvgIpc) is 2.16. The Morgan fingerprint density at radius 2 is 1.81 bits per heavy atom. The molecule has 0 spiro atoms. The van der Waals surface area contributed by atoms with Gasteiger partial charge in [-0.3, -0.25) is 0 Å². The Kier molecular flexibility index (Phi) is 3.58. The first-order valence-corrected chi connectivity index (χ1v) is 5.42. The summed E-state index contributed by atoms with van der Waals surface area (Å²) in [6, 6.07) is 3.55. The molecular formula is C13H18O3. The van der Waals surface area contributed by atoms with E-state index in [1.165, 1.54) is 0 Å². The molecular weight excluding hydrogens is 204 g/mol. The SMILES string of the molecule is Cc1ccc(C(C)C(C)C)c(O)c1C(=O)O. The number of hydrogen-bond acceptors (Lipinski definition) is 2. The standard InChI is InChI=1S/C13H18O3/c1-7(2)9(4)10-6-5-8(3)11(12(10)14)13(15)16/h5-7,9,14H,1-4H3,(H,15,16). The van der Waals surface area contributed by atoms with Gasteiger partial charge >= 0.3 is 5.97 Å². The van der Waals surface area contributed by atoms with E-state index in [4.69, 9.17) is 5.11 Å². The second-order valence-corrected chi connectivity index (χ2v) is 4.53. The van der Waals surface area contributed by atoms with Crippen molar-refractivity contribution >= 4 is 5.97 Å². The zero-order chi connectivity index (χ0) is 12.5. The highest BCUT2D eigenvalue weighted by Crippen LogP contribution is 2.34. The molecule has 3 nitrogen and oxygen atoms in total. The maximum Gasteiger partial charge on any atom is 0.339 e. The van der Waals surface area contributed by atoms with Crippen LogP contribution in [0.2, 0.25) is 0 Å². The van der Waals surface area contributed by atoms with Gasteiger partial charge in [0.05, 0.1) is 0 Å². The second-order valence-electron chi connectivity index (χ2n) is 4.53. The van der Waals surface area contributed by atoms with Crippen LogP contribution in [-0.2, 0) is 0 Å². The molecule has 0 aliphatic rings. The van der Waals surface area contributed by atoms with Gasteiger partial charge in [-0.25, -0.2) is 4.79 Å². The Balaban J connectivity index is 3.34. The van der Waals surface area contributed by atoms with Crippen LogP contribution < -0.4 is 0 Å². The van der Waals surface area contributed by atoms with E-state index >= 15 is 0 Å². The zero-order valence-electron chi connectivity index (χ0n) is 10.1. The van der Waals surface area contributed by atoms with Crippen LogP contribution in [0.4, 0.5) is 0 Å². The number of aromatic carboxylic acids is 1. The third-order valence-corrected chi connectivity index (χ3v) is 3.12. The van der Waals surface area contributed by atoms with Crippen molar-refractivity contribution in [3.63, 3.8) is 0 Å². The summed E-state index contributed by atoms with van der Waals surface area (Å²) in [6.45, 7) is 7.77. The van der Waals surface area contributed by atoms with E-state index in [-0.39, 0.29) is 17.2 Å². The number of aromatic hydroxyl groups is 1. The fourth-order valence-electron chi connectivity index (χ4n) is 1.70. The van der Waals surface area contributed by atoms with E-state index in [2.05, 4.69) is 0 Å². The number of phenols is 1. The Morgan fingerprint density at radius 3 is 2.25 bits per heavy atom. The summed E-state index contributed by atoms with van der Waals surface area (Å²) >= 11 is 0. The minimum absolute atomic E-state index is 0.0185. The predicted octanol–water partition coefficient (Wildman–Crippen LogP) is 3.16. The van der Waals surface area contributed by atoms with Gasteiger partial charge in [0.15, 0.2) is 0 Å². The highest BCUT2D eigenvalue weighted by molar-refractivity contribution is 5.93. The molecule has 0 bridgehead atoms. The third-order valence-electron chi connectivity index (χ3n) is 3.12. The maximum absolute atomic E-state index is 11.0. The zero-order valence-corrected chi connectivity index (χ0v) is 10.1. The number of benzene rings is 1. The molecule has 0 saturated heterocycles. The number of carboxylic acid groups (broad SMARTS) is 1. The van der Waals surface area contributed by atoms with Gasteiger partial charge in [-0.2, -0.15) is 0 Å². The molecule has 0 aliphatic heterocycles. The van der Waals surface area contributed by atoms with Crippen molar-refractivity contribution < 1.29 is 15.0 Å². The number of carboxylic acids is 1. The molecule has 16 heavy (non-hydrogen) atoms. The lowest BCUT2D eigenvalue weighted by molar-refractivity contribution is 0.0692. The van der Waals surface area contributed by atoms with Crippen LogP contribution in [0.25, 0.3) is 0 Å². The number of rotatable bonds is 3. The van der Waals surface area contributed by atoms with Crippen molar-refractivity contribution in [3.05, 3.63) is 28.8 Å². The summed E-state index contributed by atoms with van der Waals surface area (Å²) in [4.78, 5) is 11.0. The largest absolute Gasteiger partial charge is 0.507 e. The van der Waals surface area contributed by atoms with Crippen LogP contribution in [0.5, 0.6) is 5.75 Å². The first-order chi connectivity index (χ1) is 7.36. The van der Waals surface area contributed by atoms with Gasteiger partial charge in [-0.1, -0.05) is 32.9 Å². The van der Waals surface area contributed by atoms with Crippen molar-refractivity contribution in [2.75, 3.05) is 0 Å². The van der Waals surface area contributed by atoms with E-state index in [1.54, 1.807) is 13.0 Å². The molecule has 1 atom stereocenters. The maximum atomic E-state index is 11.0. The highest BCUT2D eigenvalue weighted by Gasteiger charge is 2.21. The highest BCUT2D eigenvalue weighted by atomic mass is 16.4. The van der Waals surface area contributed by atoms with Crippen LogP contribution in [0.3, 0.4) is 0 Å². The van der Waals surface area contributed by atoms with Crippen molar-refractivity contribution in [2.24, 2.45) is 5.92 Å². The first-order valence-electron chi connectivity index (χ1n) is 5.42. The van der Waals surface area contributed by atoms with Crippen LogP contribution in [-0.4, -0.2) is 16.2 Å². The molecule has 0 heterocycles. The van der Waals surface area contributed by atoms with E-state index in [1.807, 2.05) is 26.8 Å². The molecule has 2 N–H and O–H groups in total. The van der Waals surface area contributed by atoms with Crippen LogP contribution in [0.1, 0.15) is 48.2 Å². The van der Waals surface area contributed by atoms with E-state index in [9.17, 15) is 9.90 Å². The average molecular weight is 222 g/mol. The van der Waals surface area contributed by atoms with E-state index < -0.39 is 5.97 Å².